The number of nitrogens with one attached hydrogen (secondary N) is 1. The zero-order valence-corrected chi connectivity index (χ0v) is 19.9. The van der Waals surface area contributed by atoms with Crippen molar-refractivity contribution in [1.82, 2.24) is 5.32 Å². The Morgan fingerprint density at radius 2 is 1.97 bits per heavy atom. The maximum Gasteiger partial charge on any atom is 0.129 e. The average Bonchev–Trinajstić information content (AvgIpc) is 2.73. The van der Waals surface area contributed by atoms with E-state index in [1.807, 2.05) is 6.21 Å². The van der Waals surface area contributed by atoms with Crippen molar-refractivity contribution in [3.05, 3.63) is 58.8 Å². The first-order valence-corrected chi connectivity index (χ1v) is 12.2. The smallest absolute Gasteiger partial charge is 0.129 e. The third-order valence-corrected chi connectivity index (χ3v) is 6.20. The minimum atomic E-state index is -0.449. The Morgan fingerprint density at radius 1 is 1.22 bits per heavy atom. The summed E-state index contributed by atoms with van der Waals surface area (Å²) in [6.45, 7) is 8.65. The van der Waals surface area contributed by atoms with Crippen LogP contribution in [0.2, 0.25) is 0 Å². The van der Waals surface area contributed by atoms with Crippen molar-refractivity contribution in [3.8, 4) is 0 Å². The lowest BCUT2D eigenvalue weighted by molar-refractivity contribution is 0.327. The molecule has 0 bridgehead atoms. The number of nitrogens with zero attached hydrogens (tertiary/aromatic N) is 1. The van der Waals surface area contributed by atoms with Crippen LogP contribution in [0, 0.1) is 17.6 Å². The van der Waals surface area contributed by atoms with Gasteiger partial charge in [0, 0.05) is 11.8 Å². The molecule has 0 amide bonds. The average molecular weight is 446 g/mol. The predicted octanol–water partition coefficient (Wildman–Crippen LogP) is 6.62. The molecule has 1 fully saturated rings. The van der Waals surface area contributed by atoms with Crippen molar-refractivity contribution in [2.45, 2.75) is 90.6 Å². The molecule has 1 heterocycles. The van der Waals surface area contributed by atoms with Gasteiger partial charge in [-0.2, -0.15) is 0 Å². The molecule has 1 aliphatic heterocycles. The number of aryl methyl sites for hydroxylation is 1. The standard InChI is InChI=1S/C27H41F2N3/c1-4-8-23(18-30)19-32-27-12-7-11-21(13-14-31-27)9-5-6-10-22-16-25(28)24(15-20(2)3)26(29)17-22/h16-19,21,27,31H,2,4-15,30H2,1,3H3/b23-18-,32-19-. The second kappa shape index (κ2) is 14.2. The van der Waals surface area contributed by atoms with E-state index in [-0.39, 0.29) is 18.2 Å². The van der Waals surface area contributed by atoms with E-state index >= 15 is 0 Å². The molecule has 1 aromatic carbocycles. The van der Waals surface area contributed by atoms with Gasteiger partial charge in [0.15, 0.2) is 0 Å². The van der Waals surface area contributed by atoms with E-state index in [4.69, 9.17) is 10.7 Å². The second-order valence-corrected chi connectivity index (χ2v) is 9.24. The summed E-state index contributed by atoms with van der Waals surface area (Å²) in [6, 6.07) is 2.99. The number of halogens is 2. The molecule has 1 aromatic rings. The van der Waals surface area contributed by atoms with Crippen LogP contribution in [0.1, 0.15) is 82.8 Å². The van der Waals surface area contributed by atoms with Gasteiger partial charge in [-0.25, -0.2) is 8.78 Å². The Kier molecular flexibility index (Phi) is 11.6. The van der Waals surface area contributed by atoms with Crippen molar-refractivity contribution in [2.75, 3.05) is 6.54 Å². The third-order valence-electron chi connectivity index (χ3n) is 6.20. The minimum absolute atomic E-state index is 0.131. The molecule has 1 aliphatic rings. The van der Waals surface area contributed by atoms with E-state index < -0.39 is 11.6 Å². The molecular formula is C27H41F2N3. The molecule has 3 nitrogen and oxygen atoms in total. The van der Waals surface area contributed by atoms with Crippen molar-refractivity contribution in [3.63, 3.8) is 0 Å². The number of hydrogen-bond donors (Lipinski definition) is 2. The number of benzene rings is 1. The van der Waals surface area contributed by atoms with Crippen LogP contribution in [0.4, 0.5) is 8.78 Å². The molecule has 5 heteroatoms. The van der Waals surface area contributed by atoms with E-state index in [0.717, 1.165) is 74.6 Å². The van der Waals surface area contributed by atoms with Crippen molar-refractivity contribution >= 4 is 6.21 Å². The van der Waals surface area contributed by atoms with Gasteiger partial charge in [0.2, 0.25) is 0 Å². The van der Waals surface area contributed by atoms with E-state index in [1.165, 1.54) is 25.0 Å². The summed E-state index contributed by atoms with van der Waals surface area (Å²) in [7, 11) is 0. The normalized spacial score (nSPS) is 20.3. The summed E-state index contributed by atoms with van der Waals surface area (Å²) in [5.74, 6) is -0.191. The summed E-state index contributed by atoms with van der Waals surface area (Å²) in [4.78, 5) is 4.69. The monoisotopic (exact) mass is 445 g/mol. The van der Waals surface area contributed by atoms with Gasteiger partial charge in [-0.05, 0) is 93.8 Å². The Morgan fingerprint density at radius 3 is 2.62 bits per heavy atom. The fourth-order valence-electron chi connectivity index (χ4n) is 4.41. The molecule has 0 radical (unpaired) electrons. The third kappa shape index (κ3) is 9.23. The highest BCUT2D eigenvalue weighted by Crippen LogP contribution is 2.24. The highest BCUT2D eigenvalue weighted by Gasteiger charge is 2.16. The minimum Gasteiger partial charge on any atom is -0.404 e. The SMILES string of the molecule is C=C(C)Cc1c(F)cc(CCCCC2CCCC(/N=C\C(=C/N)CCC)NCC2)cc1F. The lowest BCUT2D eigenvalue weighted by Crippen LogP contribution is -2.31. The quantitative estimate of drug-likeness (QED) is 0.229. The van der Waals surface area contributed by atoms with Gasteiger partial charge in [-0.1, -0.05) is 44.8 Å². The fourth-order valence-corrected chi connectivity index (χ4v) is 4.41. The lowest BCUT2D eigenvalue weighted by atomic mass is 9.90. The highest BCUT2D eigenvalue weighted by atomic mass is 19.1. The molecule has 178 valence electrons. The van der Waals surface area contributed by atoms with Crippen LogP contribution in [0.15, 0.2) is 41.1 Å². The Balaban J connectivity index is 1.72. The number of hydrogen-bond acceptors (Lipinski definition) is 3. The van der Waals surface area contributed by atoms with E-state index in [9.17, 15) is 8.78 Å². The summed E-state index contributed by atoms with van der Waals surface area (Å²) < 4.78 is 28.5. The van der Waals surface area contributed by atoms with Crippen LogP contribution < -0.4 is 11.1 Å². The molecule has 0 saturated carbocycles. The topological polar surface area (TPSA) is 50.4 Å². The zero-order chi connectivity index (χ0) is 23.3. The predicted molar refractivity (Wildman–Crippen MR) is 132 cm³/mol. The summed E-state index contributed by atoms with van der Waals surface area (Å²) in [5.41, 5.74) is 8.41. The van der Waals surface area contributed by atoms with Crippen LogP contribution >= 0.6 is 0 Å². The van der Waals surface area contributed by atoms with Gasteiger partial charge >= 0.3 is 0 Å². The van der Waals surface area contributed by atoms with E-state index in [1.54, 1.807) is 13.1 Å². The molecular weight excluding hydrogens is 404 g/mol. The Bertz CT molecular complexity index is 752. The molecule has 0 spiro atoms. The largest absolute Gasteiger partial charge is 0.404 e. The van der Waals surface area contributed by atoms with Gasteiger partial charge in [-0.3, -0.25) is 10.3 Å². The molecule has 32 heavy (non-hydrogen) atoms. The molecule has 2 atom stereocenters. The van der Waals surface area contributed by atoms with Gasteiger partial charge in [0.05, 0.1) is 6.17 Å². The molecule has 1 saturated heterocycles. The first-order valence-electron chi connectivity index (χ1n) is 12.2. The number of nitrogens with two attached hydrogens (primary N) is 1. The number of aliphatic imine (C=N–C) groups is 1. The van der Waals surface area contributed by atoms with Crippen LogP contribution in [0.25, 0.3) is 0 Å². The maximum absolute atomic E-state index is 14.2. The molecule has 2 unspecified atom stereocenters. The van der Waals surface area contributed by atoms with E-state index in [0.29, 0.717) is 5.92 Å². The number of rotatable bonds is 11. The van der Waals surface area contributed by atoms with E-state index in [2.05, 4.69) is 18.8 Å². The molecule has 0 aliphatic carbocycles. The molecule has 3 N–H and O–H groups in total. The Labute approximate surface area is 193 Å². The van der Waals surface area contributed by atoms with Gasteiger partial charge < -0.3 is 5.73 Å². The summed E-state index contributed by atoms with van der Waals surface area (Å²) in [5, 5.41) is 3.57. The van der Waals surface area contributed by atoms with Crippen molar-refractivity contribution < 1.29 is 8.78 Å². The lowest BCUT2D eigenvalue weighted by Gasteiger charge is -2.24. The first-order chi connectivity index (χ1) is 15.4. The number of allylic oxidation sites excluding steroid dienone is 2. The molecule has 0 aromatic heterocycles. The van der Waals surface area contributed by atoms with Crippen molar-refractivity contribution in [1.29, 1.82) is 0 Å². The maximum atomic E-state index is 14.2. The summed E-state index contributed by atoms with van der Waals surface area (Å²) in [6.07, 6.45) is 14.6. The van der Waals surface area contributed by atoms with Crippen LogP contribution in [-0.4, -0.2) is 18.9 Å². The van der Waals surface area contributed by atoms with Crippen molar-refractivity contribution in [2.24, 2.45) is 16.6 Å². The van der Waals surface area contributed by atoms with Gasteiger partial charge in [0.25, 0.3) is 0 Å². The van der Waals surface area contributed by atoms with Gasteiger partial charge in [-0.15, -0.1) is 0 Å². The second-order valence-electron chi connectivity index (χ2n) is 9.24. The first kappa shape index (κ1) is 26.2. The van der Waals surface area contributed by atoms with Crippen LogP contribution in [0.3, 0.4) is 0 Å². The summed E-state index contributed by atoms with van der Waals surface area (Å²) >= 11 is 0. The number of unbranched alkanes of at least 4 members (excludes halogenated alkanes) is 1. The molecule has 2 rings (SSSR count). The van der Waals surface area contributed by atoms with Gasteiger partial charge in [0.1, 0.15) is 11.6 Å². The zero-order valence-electron chi connectivity index (χ0n) is 19.9. The fraction of sp³-hybridized carbons (Fsp3) is 0.593. The Hall–Kier alpha value is -2.01. The highest BCUT2D eigenvalue weighted by molar-refractivity contribution is 5.78. The van der Waals surface area contributed by atoms with Crippen LogP contribution in [0.5, 0.6) is 0 Å². The van der Waals surface area contributed by atoms with Crippen LogP contribution in [-0.2, 0) is 12.8 Å².